The number of nitro groups is 1. The molecule has 0 aliphatic heterocycles. The number of anilines is 1. The fourth-order valence-corrected chi connectivity index (χ4v) is 3.69. The number of hydrogen-bond acceptors (Lipinski definition) is 6. The first-order chi connectivity index (χ1) is 12.8. The van der Waals surface area contributed by atoms with Crippen LogP contribution in [0.5, 0.6) is 0 Å². The lowest BCUT2D eigenvalue weighted by Gasteiger charge is -2.30. The van der Waals surface area contributed by atoms with Gasteiger partial charge in [-0.1, -0.05) is 44.2 Å². The molecule has 0 heterocycles. The number of rotatable bonds is 9. The standard InChI is InChI=1S/C19H25N3O4S/c1-4-21(5-2)19(15-9-7-6-8-10-15)14-20-17-12-11-16(27(3,25)26)13-18(17)22(23)24/h6-13,19-20H,4-5,14H2,1-3H3/t19-/m1/s1. The van der Waals surface area contributed by atoms with Crippen LogP contribution in [0, 0.1) is 10.1 Å². The van der Waals surface area contributed by atoms with Gasteiger partial charge in [0.1, 0.15) is 5.69 Å². The molecule has 2 rings (SSSR count). The second kappa shape index (κ2) is 8.96. The van der Waals surface area contributed by atoms with E-state index in [1.54, 1.807) is 0 Å². The molecule has 0 saturated carbocycles. The Bertz CT molecular complexity index is 881. The number of sulfone groups is 1. The van der Waals surface area contributed by atoms with Gasteiger partial charge in [0, 0.05) is 18.9 Å². The molecule has 2 aromatic rings. The monoisotopic (exact) mass is 391 g/mol. The fourth-order valence-electron chi connectivity index (χ4n) is 3.05. The third kappa shape index (κ3) is 5.27. The van der Waals surface area contributed by atoms with E-state index >= 15 is 0 Å². The van der Waals surface area contributed by atoms with E-state index < -0.39 is 14.8 Å². The maximum Gasteiger partial charge on any atom is 0.293 e. The van der Waals surface area contributed by atoms with Gasteiger partial charge in [-0.15, -0.1) is 0 Å². The lowest BCUT2D eigenvalue weighted by atomic mass is 10.0. The Labute approximate surface area is 160 Å². The number of benzene rings is 2. The van der Waals surface area contributed by atoms with Crippen molar-refractivity contribution in [1.29, 1.82) is 0 Å². The Balaban J connectivity index is 2.32. The Morgan fingerprint density at radius 3 is 2.26 bits per heavy atom. The number of nitrogens with one attached hydrogen (secondary N) is 1. The summed E-state index contributed by atoms with van der Waals surface area (Å²) in [5, 5.41) is 14.6. The van der Waals surface area contributed by atoms with Crippen LogP contribution in [-0.4, -0.2) is 44.1 Å². The molecule has 0 spiro atoms. The topological polar surface area (TPSA) is 92.6 Å². The summed E-state index contributed by atoms with van der Waals surface area (Å²) >= 11 is 0. The van der Waals surface area contributed by atoms with E-state index in [1.807, 2.05) is 30.3 Å². The van der Waals surface area contributed by atoms with E-state index in [9.17, 15) is 18.5 Å². The first-order valence-electron chi connectivity index (χ1n) is 8.79. The van der Waals surface area contributed by atoms with Crippen LogP contribution in [0.1, 0.15) is 25.5 Å². The van der Waals surface area contributed by atoms with Gasteiger partial charge in [-0.25, -0.2) is 8.42 Å². The van der Waals surface area contributed by atoms with Crippen LogP contribution in [0.25, 0.3) is 0 Å². The molecule has 146 valence electrons. The van der Waals surface area contributed by atoms with Gasteiger partial charge in [0.25, 0.3) is 5.69 Å². The van der Waals surface area contributed by atoms with Crippen molar-refractivity contribution in [2.24, 2.45) is 0 Å². The van der Waals surface area contributed by atoms with E-state index in [4.69, 9.17) is 0 Å². The van der Waals surface area contributed by atoms with E-state index in [1.165, 1.54) is 12.1 Å². The van der Waals surface area contributed by atoms with E-state index in [0.29, 0.717) is 12.2 Å². The zero-order chi connectivity index (χ0) is 20.0. The lowest BCUT2D eigenvalue weighted by molar-refractivity contribution is -0.384. The van der Waals surface area contributed by atoms with E-state index in [0.717, 1.165) is 31.0 Å². The minimum Gasteiger partial charge on any atom is -0.378 e. The van der Waals surface area contributed by atoms with Crippen molar-refractivity contribution in [3.8, 4) is 0 Å². The SMILES string of the molecule is CCN(CC)[C@H](CNc1ccc(S(C)(=O)=O)cc1[N+](=O)[O-])c1ccccc1. The number of nitrogens with zero attached hydrogens (tertiary/aromatic N) is 2. The number of hydrogen-bond donors (Lipinski definition) is 1. The van der Waals surface area contributed by atoms with Crippen LogP contribution in [0.15, 0.2) is 53.4 Å². The number of nitro benzene ring substituents is 1. The highest BCUT2D eigenvalue weighted by molar-refractivity contribution is 7.90. The third-order valence-electron chi connectivity index (χ3n) is 4.52. The smallest absolute Gasteiger partial charge is 0.293 e. The molecule has 0 amide bonds. The van der Waals surface area contributed by atoms with Crippen molar-refractivity contribution in [2.45, 2.75) is 24.8 Å². The fraction of sp³-hybridized carbons (Fsp3) is 0.368. The van der Waals surface area contributed by atoms with Crippen LogP contribution in [0.3, 0.4) is 0 Å². The quantitative estimate of drug-likeness (QED) is 0.519. The van der Waals surface area contributed by atoms with Crippen LogP contribution < -0.4 is 5.32 Å². The Morgan fingerprint density at radius 1 is 1.11 bits per heavy atom. The van der Waals surface area contributed by atoms with Crippen molar-refractivity contribution >= 4 is 21.2 Å². The molecule has 0 aliphatic carbocycles. The number of likely N-dealkylation sites (N-methyl/N-ethyl adjacent to an activating group) is 1. The molecule has 0 aliphatic rings. The highest BCUT2D eigenvalue weighted by Gasteiger charge is 2.22. The molecule has 2 aromatic carbocycles. The summed E-state index contributed by atoms with van der Waals surface area (Å²) < 4.78 is 23.4. The largest absolute Gasteiger partial charge is 0.378 e. The molecule has 1 N–H and O–H groups in total. The molecular formula is C19H25N3O4S. The normalized spacial score (nSPS) is 12.7. The second-order valence-electron chi connectivity index (χ2n) is 6.24. The molecule has 7 nitrogen and oxygen atoms in total. The molecular weight excluding hydrogens is 366 g/mol. The molecule has 0 aromatic heterocycles. The first-order valence-corrected chi connectivity index (χ1v) is 10.7. The van der Waals surface area contributed by atoms with Gasteiger partial charge in [-0.3, -0.25) is 15.0 Å². The summed E-state index contributed by atoms with van der Waals surface area (Å²) in [6.45, 7) is 6.29. The highest BCUT2D eigenvalue weighted by atomic mass is 32.2. The molecule has 27 heavy (non-hydrogen) atoms. The minimum atomic E-state index is -3.51. The predicted octanol–water partition coefficient (Wildman–Crippen LogP) is 3.49. The predicted molar refractivity (Wildman–Crippen MR) is 107 cm³/mol. The summed E-state index contributed by atoms with van der Waals surface area (Å²) in [6.07, 6.45) is 1.03. The Morgan fingerprint density at radius 2 is 1.74 bits per heavy atom. The average Bonchev–Trinajstić information content (AvgIpc) is 2.64. The van der Waals surface area contributed by atoms with Crippen molar-refractivity contribution in [2.75, 3.05) is 31.2 Å². The molecule has 0 bridgehead atoms. The van der Waals surface area contributed by atoms with Crippen molar-refractivity contribution < 1.29 is 13.3 Å². The zero-order valence-electron chi connectivity index (χ0n) is 15.8. The van der Waals surface area contributed by atoms with E-state index in [-0.39, 0.29) is 16.6 Å². The van der Waals surface area contributed by atoms with Crippen molar-refractivity contribution in [3.63, 3.8) is 0 Å². The molecule has 0 radical (unpaired) electrons. The summed E-state index contributed by atoms with van der Waals surface area (Å²) in [7, 11) is -3.51. The summed E-state index contributed by atoms with van der Waals surface area (Å²) in [5.41, 5.74) is 1.17. The van der Waals surface area contributed by atoms with Gasteiger partial charge in [-0.05, 0) is 30.8 Å². The van der Waals surface area contributed by atoms with Gasteiger partial charge in [0.05, 0.1) is 15.9 Å². The lowest BCUT2D eigenvalue weighted by Crippen LogP contribution is -2.33. The minimum absolute atomic E-state index is 0.0374. The van der Waals surface area contributed by atoms with Crippen LogP contribution in [-0.2, 0) is 9.84 Å². The molecule has 1 atom stereocenters. The van der Waals surface area contributed by atoms with Crippen molar-refractivity contribution in [1.82, 2.24) is 4.90 Å². The molecule has 8 heteroatoms. The summed E-state index contributed by atoms with van der Waals surface area (Å²) in [5.74, 6) is 0. The highest BCUT2D eigenvalue weighted by Crippen LogP contribution is 2.29. The first kappa shape index (κ1) is 20.9. The van der Waals surface area contributed by atoms with Crippen LogP contribution in [0.2, 0.25) is 0 Å². The molecule has 0 unspecified atom stereocenters. The summed E-state index contributed by atoms with van der Waals surface area (Å²) in [4.78, 5) is 13.1. The second-order valence-corrected chi connectivity index (χ2v) is 8.25. The van der Waals surface area contributed by atoms with Gasteiger partial charge in [-0.2, -0.15) is 0 Å². The maximum absolute atomic E-state index is 11.7. The van der Waals surface area contributed by atoms with Gasteiger partial charge in [0.2, 0.25) is 0 Å². The van der Waals surface area contributed by atoms with Gasteiger partial charge < -0.3 is 5.32 Å². The molecule has 0 fully saturated rings. The maximum atomic E-state index is 11.7. The summed E-state index contributed by atoms with van der Waals surface area (Å²) in [6, 6.07) is 13.9. The third-order valence-corrected chi connectivity index (χ3v) is 5.63. The average molecular weight is 391 g/mol. The Hall–Kier alpha value is -2.45. The van der Waals surface area contributed by atoms with Crippen molar-refractivity contribution in [3.05, 3.63) is 64.2 Å². The van der Waals surface area contributed by atoms with E-state index in [2.05, 4.69) is 24.1 Å². The van der Waals surface area contributed by atoms with Crippen LogP contribution >= 0.6 is 0 Å². The zero-order valence-corrected chi connectivity index (χ0v) is 16.6. The van der Waals surface area contributed by atoms with Crippen LogP contribution in [0.4, 0.5) is 11.4 Å². The molecule has 0 saturated heterocycles. The van der Waals surface area contributed by atoms with Gasteiger partial charge >= 0.3 is 0 Å². The van der Waals surface area contributed by atoms with Gasteiger partial charge in [0.15, 0.2) is 9.84 Å². The Kier molecular flexibility index (Phi) is 6.92.